The maximum Gasteiger partial charge on any atom is 0.0541 e. The molecule has 10 aromatic rings. The fraction of sp³-hybridized carbons (Fsp3) is 0. The molecule has 1 nitrogen and oxygen atoms in total. The van der Waals surface area contributed by atoms with Gasteiger partial charge < -0.3 is 4.57 Å². The van der Waals surface area contributed by atoms with Crippen LogP contribution < -0.4 is 0 Å². The van der Waals surface area contributed by atoms with E-state index in [0.717, 1.165) is 0 Å². The van der Waals surface area contributed by atoms with Gasteiger partial charge in [-0.1, -0.05) is 127 Å². The fourth-order valence-electron chi connectivity index (χ4n) is 7.58. The lowest BCUT2D eigenvalue weighted by Crippen LogP contribution is -1.93. The van der Waals surface area contributed by atoms with Crippen LogP contribution in [0.1, 0.15) is 0 Å². The Labute approximate surface area is 260 Å². The zero-order valence-electron chi connectivity index (χ0n) is 24.5. The van der Waals surface area contributed by atoms with Gasteiger partial charge in [0.15, 0.2) is 0 Å². The van der Waals surface area contributed by atoms with Crippen molar-refractivity contribution in [3.63, 3.8) is 0 Å². The zero-order chi connectivity index (χ0) is 29.5. The second-order valence-corrected chi connectivity index (χ2v) is 12.2. The van der Waals surface area contributed by atoms with E-state index in [0.29, 0.717) is 0 Å². The average molecular weight is 570 g/mol. The third-order valence-corrected chi connectivity index (χ3v) is 9.73. The van der Waals surface area contributed by atoms with E-state index < -0.39 is 0 Å². The van der Waals surface area contributed by atoms with Crippen LogP contribution in [0.3, 0.4) is 0 Å². The molecule has 0 aliphatic carbocycles. The van der Waals surface area contributed by atoms with Crippen LogP contribution in [-0.2, 0) is 0 Å². The number of aromatic nitrogens is 1. The van der Waals surface area contributed by atoms with Crippen molar-refractivity contribution >= 4 is 75.7 Å². The second kappa shape index (κ2) is 9.29. The minimum atomic E-state index is 1.19. The summed E-state index contributed by atoms with van der Waals surface area (Å²) in [6.45, 7) is 0. The highest BCUT2D eigenvalue weighted by Gasteiger charge is 2.13. The topological polar surface area (TPSA) is 4.93 Å². The van der Waals surface area contributed by atoms with E-state index in [1.165, 1.54) is 92.5 Å². The molecule has 0 atom stereocenters. The van der Waals surface area contributed by atoms with E-state index in [1.54, 1.807) is 0 Å². The third kappa shape index (κ3) is 3.62. The first-order valence-electron chi connectivity index (χ1n) is 15.6. The molecule has 0 saturated heterocycles. The minimum absolute atomic E-state index is 1.19. The molecule has 0 aliphatic heterocycles. The molecule has 0 fully saturated rings. The predicted molar refractivity (Wildman–Crippen MR) is 194 cm³/mol. The van der Waals surface area contributed by atoms with Crippen molar-refractivity contribution in [3.8, 4) is 16.8 Å². The van der Waals surface area contributed by atoms with Gasteiger partial charge in [-0.3, -0.25) is 0 Å². The van der Waals surface area contributed by atoms with E-state index in [9.17, 15) is 0 Å². The minimum Gasteiger partial charge on any atom is -0.309 e. The number of nitrogens with zero attached hydrogens (tertiary/aromatic N) is 1. The first kappa shape index (κ1) is 24.5. The molecule has 0 radical (unpaired) electrons. The lowest BCUT2D eigenvalue weighted by atomic mass is 9.93. The predicted octanol–water partition coefficient (Wildman–Crippen LogP) is 12.2. The Morgan fingerprint density at radius 2 is 0.733 bits per heavy atom. The van der Waals surface area contributed by atoms with Crippen molar-refractivity contribution in [1.82, 2.24) is 4.57 Å². The maximum absolute atomic E-state index is 2.39. The molecule has 0 bridgehead atoms. The van der Waals surface area contributed by atoms with Gasteiger partial charge in [0.2, 0.25) is 0 Å². The summed E-state index contributed by atoms with van der Waals surface area (Å²) in [5.41, 5.74) is 6.14. The van der Waals surface area contributed by atoms with Gasteiger partial charge in [0.1, 0.15) is 0 Å². The molecule has 1 aromatic heterocycles. The molecule has 10 rings (SSSR count). The highest BCUT2D eigenvalue weighted by Crippen LogP contribution is 2.37. The van der Waals surface area contributed by atoms with E-state index in [2.05, 4.69) is 168 Å². The standard InChI is InChI=1S/C44H27N/c1-2-8-35-28(7-1)17-23-39-38(35)22-18-29-13-14-31(27-42(29)39)30-19-21-36-32(25-30)15-16-33-26-34(20-24-37(33)36)45-43-11-5-3-9-40(43)41-10-4-6-12-44(41)45/h1-27H. The molecule has 0 amide bonds. The van der Waals surface area contributed by atoms with Crippen LogP contribution in [0.4, 0.5) is 0 Å². The summed E-state index contributed by atoms with van der Waals surface area (Å²) < 4.78 is 2.39. The van der Waals surface area contributed by atoms with E-state index >= 15 is 0 Å². The molecule has 0 saturated carbocycles. The lowest BCUT2D eigenvalue weighted by molar-refractivity contribution is 1.19. The van der Waals surface area contributed by atoms with Crippen LogP contribution in [0.15, 0.2) is 164 Å². The molecule has 208 valence electrons. The van der Waals surface area contributed by atoms with Crippen LogP contribution in [0.2, 0.25) is 0 Å². The molecule has 9 aromatic carbocycles. The number of fused-ring (bicyclic) bond motifs is 11. The van der Waals surface area contributed by atoms with E-state index in [4.69, 9.17) is 0 Å². The zero-order valence-corrected chi connectivity index (χ0v) is 24.5. The van der Waals surface area contributed by atoms with Crippen molar-refractivity contribution in [2.75, 3.05) is 0 Å². The third-order valence-electron chi connectivity index (χ3n) is 9.73. The molecule has 0 N–H and O–H groups in total. The van der Waals surface area contributed by atoms with Crippen molar-refractivity contribution in [2.45, 2.75) is 0 Å². The summed E-state index contributed by atoms with van der Waals surface area (Å²) in [5.74, 6) is 0. The maximum atomic E-state index is 2.39. The number of hydrogen-bond acceptors (Lipinski definition) is 0. The first-order valence-corrected chi connectivity index (χ1v) is 15.6. The highest BCUT2D eigenvalue weighted by atomic mass is 15.0. The van der Waals surface area contributed by atoms with Crippen LogP contribution in [0.25, 0.3) is 92.5 Å². The van der Waals surface area contributed by atoms with Crippen LogP contribution in [-0.4, -0.2) is 4.57 Å². The molecule has 0 aliphatic rings. The highest BCUT2D eigenvalue weighted by molar-refractivity contribution is 6.18. The molecule has 0 spiro atoms. The lowest BCUT2D eigenvalue weighted by Gasteiger charge is -2.12. The Kier molecular flexibility index (Phi) is 5.06. The summed E-state index contributed by atoms with van der Waals surface area (Å²) in [7, 11) is 0. The van der Waals surface area contributed by atoms with Gasteiger partial charge in [-0.05, 0) is 101 Å². The summed E-state index contributed by atoms with van der Waals surface area (Å²) in [4.78, 5) is 0. The van der Waals surface area contributed by atoms with Crippen molar-refractivity contribution in [1.29, 1.82) is 0 Å². The molecule has 1 heteroatoms. The number of benzene rings is 9. The number of para-hydroxylation sites is 2. The van der Waals surface area contributed by atoms with E-state index in [1.807, 2.05) is 0 Å². The Morgan fingerprint density at radius 3 is 1.49 bits per heavy atom. The van der Waals surface area contributed by atoms with Gasteiger partial charge in [-0.2, -0.15) is 0 Å². The molecular formula is C44H27N. The summed E-state index contributed by atoms with van der Waals surface area (Å²) >= 11 is 0. The van der Waals surface area contributed by atoms with Crippen molar-refractivity contribution in [2.24, 2.45) is 0 Å². The van der Waals surface area contributed by atoms with Crippen LogP contribution in [0.5, 0.6) is 0 Å². The Morgan fingerprint density at radius 1 is 0.267 bits per heavy atom. The largest absolute Gasteiger partial charge is 0.309 e. The smallest absolute Gasteiger partial charge is 0.0541 e. The van der Waals surface area contributed by atoms with Crippen molar-refractivity contribution in [3.05, 3.63) is 164 Å². The van der Waals surface area contributed by atoms with Crippen LogP contribution in [0, 0.1) is 0 Å². The first-order chi connectivity index (χ1) is 22.3. The average Bonchev–Trinajstić information content (AvgIpc) is 3.45. The summed E-state index contributed by atoms with van der Waals surface area (Å²) in [6.07, 6.45) is 0. The van der Waals surface area contributed by atoms with Gasteiger partial charge in [-0.15, -0.1) is 0 Å². The van der Waals surface area contributed by atoms with Gasteiger partial charge in [0.05, 0.1) is 11.0 Å². The summed E-state index contributed by atoms with van der Waals surface area (Å²) in [5, 5.41) is 15.4. The normalized spacial score (nSPS) is 12.0. The Bertz CT molecular complexity index is 2760. The Hall–Kier alpha value is -5.92. The SMILES string of the molecule is c1ccc2c(c1)ccc1c3cc(-c4ccc5c(ccc6cc(-n7c8ccccc8c8ccccc87)ccc65)c4)ccc3ccc21. The fourth-order valence-corrected chi connectivity index (χ4v) is 7.58. The quantitative estimate of drug-likeness (QED) is 0.183. The molecule has 0 unspecified atom stereocenters. The van der Waals surface area contributed by atoms with Crippen LogP contribution >= 0.6 is 0 Å². The number of rotatable bonds is 2. The molecular weight excluding hydrogens is 542 g/mol. The van der Waals surface area contributed by atoms with Crippen molar-refractivity contribution < 1.29 is 0 Å². The van der Waals surface area contributed by atoms with Gasteiger partial charge in [0, 0.05) is 16.5 Å². The van der Waals surface area contributed by atoms with Gasteiger partial charge >= 0.3 is 0 Å². The Balaban J connectivity index is 1.10. The van der Waals surface area contributed by atoms with Gasteiger partial charge in [0.25, 0.3) is 0 Å². The monoisotopic (exact) mass is 569 g/mol. The number of hydrogen-bond donors (Lipinski definition) is 0. The van der Waals surface area contributed by atoms with E-state index in [-0.39, 0.29) is 0 Å². The second-order valence-electron chi connectivity index (χ2n) is 12.2. The van der Waals surface area contributed by atoms with Gasteiger partial charge in [-0.25, -0.2) is 0 Å². The molecule has 45 heavy (non-hydrogen) atoms. The molecule has 1 heterocycles. The summed E-state index contributed by atoms with van der Waals surface area (Å²) in [6, 6.07) is 60.4.